The number of rotatable bonds is 6. The van der Waals surface area contributed by atoms with Crippen molar-refractivity contribution in [1.29, 1.82) is 0 Å². The molecule has 2 rings (SSSR count). The molecule has 0 aromatic carbocycles. The number of ether oxygens (including phenoxy) is 1. The Labute approximate surface area is 136 Å². The van der Waals surface area contributed by atoms with Crippen LogP contribution in [0.5, 0.6) is 0 Å². The second-order valence-corrected chi connectivity index (χ2v) is 6.64. The van der Waals surface area contributed by atoms with Gasteiger partial charge in [-0.05, 0) is 42.5 Å². The summed E-state index contributed by atoms with van der Waals surface area (Å²) in [7, 11) is 0. The first kappa shape index (κ1) is 18.4. The summed E-state index contributed by atoms with van der Waals surface area (Å²) in [4.78, 5) is 13.4. The van der Waals surface area contributed by atoms with Gasteiger partial charge in [0.05, 0.1) is 6.04 Å². The molecular weight excluding hydrogens is 308 g/mol. The molecule has 2 heterocycles. The smallest absolute Gasteiger partial charge is 0.237 e. The first-order valence-electron chi connectivity index (χ1n) is 7.30. The third-order valence-electron chi connectivity index (χ3n) is 3.83. The van der Waals surface area contributed by atoms with Gasteiger partial charge in [0.2, 0.25) is 5.91 Å². The monoisotopic (exact) mass is 332 g/mol. The number of hydrogen-bond acceptors (Lipinski definition) is 4. The van der Waals surface area contributed by atoms with Crippen LogP contribution in [-0.2, 0) is 16.0 Å². The summed E-state index contributed by atoms with van der Waals surface area (Å²) in [6, 6.07) is 3.80. The second kappa shape index (κ2) is 9.41. The number of nitrogens with one attached hydrogen (secondary N) is 1. The Kier molecular flexibility index (Phi) is 8.26. The van der Waals surface area contributed by atoms with Gasteiger partial charge < -0.3 is 15.8 Å². The van der Waals surface area contributed by atoms with E-state index in [0.717, 1.165) is 32.5 Å². The van der Waals surface area contributed by atoms with Crippen LogP contribution in [0.3, 0.4) is 0 Å². The number of carbonyl (C=O) groups is 1. The van der Waals surface area contributed by atoms with E-state index >= 15 is 0 Å². The van der Waals surface area contributed by atoms with Crippen LogP contribution in [-0.4, -0.2) is 31.7 Å². The van der Waals surface area contributed by atoms with E-state index in [4.69, 9.17) is 10.5 Å². The normalized spacial score (nSPS) is 18.6. The molecule has 120 valence electrons. The van der Waals surface area contributed by atoms with Gasteiger partial charge in [-0.1, -0.05) is 13.0 Å². The first-order valence-corrected chi connectivity index (χ1v) is 8.18. The van der Waals surface area contributed by atoms with E-state index in [-0.39, 0.29) is 24.2 Å². The molecule has 1 fully saturated rings. The highest BCUT2D eigenvalue weighted by atomic mass is 35.5. The summed E-state index contributed by atoms with van der Waals surface area (Å²) in [5.74, 6) is 0.672. The third-order valence-corrected chi connectivity index (χ3v) is 4.73. The largest absolute Gasteiger partial charge is 0.381 e. The average molecular weight is 333 g/mol. The molecule has 3 N–H and O–H groups in total. The zero-order valence-corrected chi connectivity index (χ0v) is 14.1. The highest BCUT2D eigenvalue weighted by Gasteiger charge is 2.26. The number of nitrogens with two attached hydrogens (primary N) is 1. The lowest BCUT2D eigenvalue weighted by Gasteiger charge is -2.27. The molecule has 4 nitrogen and oxygen atoms in total. The maximum Gasteiger partial charge on any atom is 0.237 e. The van der Waals surface area contributed by atoms with Gasteiger partial charge in [0, 0.05) is 24.6 Å². The van der Waals surface area contributed by atoms with Crippen molar-refractivity contribution in [3.8, 4) is 0 Å². The number of hydrogen-bond donors (Lipinski definition) is 2. The van der Waals surface area contributed by atoms with E-state index in [1.807, 2.05) is 0 Å². The van der Waals surface area contributed by atoms with Crippen LogP contribution in [0, 0.1) is 11.8 Å². The van der Waals surface area contributed by atoms with E-state index in [1.165, 1.54) is 4.88 Å². The van der Waals surface area contributed by atoms with Crippen molar-refractivity contribution in [2.75, 3.05) is 19.8 Å². The van der Waals surface area contributed by atoms with Crippen LogP contribution >= 0.6 is 23.7 Å². The van der Waals surface area contributed by atoms with Crippen LogP contribution < -0.4 is 11.1 Å². The Morgan fingerprint density at radius 2 is 2.24 bits per heavy atom. The lowest BCUT2D eigenvalue weighted by Crippen LogP contribution is -2.48. The van der Waals surface area contributed by atoms with Gasteiger partial charge in [-0.2, -0.15) is 0 Å². The van der Waals surface area contributed by atoms with Gasteiger partial charge in [0.25, 0.3) is 0 Å². The van der Waals surface area contributed by atoms with E-state index in [1.54, 1.807) is 11.3 Å². The molecule has 1 aromatic heterocycles. The Balaban J connectivity index is 0.00000220. The molecule has 2 atom stereocenters. The van der Waals surface area contributed by atoms with Crippen LogP contribution in [0.1, 0.15) is 24.6 Å². The van der Waals surface area contributed by atoms with Crippen molar-refractivity contribution in [3.05, 3.63) is 22.4 Å². The predicted molar refractivity (Wildman–Crippen MR) is 89.0 cm³/mol. The SMILES string of the molecule is CC(CNC(=O)C(N)C1CCOCC1)Cc1cccs1.Cl. The van der Waals surface area contributed by atoms with Gasteiger partial charge in [0.1, 0.15) is 0 Å². The van der Waals surface area contributed by atoms with Gasteiger partial charge in [-0.25, -0.2) is 0 Å². The minimum absolute atomic E-state index is 0. The average Bonchev–Trinajstić information content (AvgIpc) is 2.97. The molecule has 1 aliphatic heterocycles. The number of carbonyl (C=O) groups excluding carboxylic acids is 1. The molecule has 1 amide bonds. The number of halogens is 1. The molecule has 1 saturated heterocycles. The Morgan fingerprint density at radius 3 is 2.86 bits per heavy atom. The Bertz CT molecular complexity index is 408. The van der Waals surface area contributed by atoms with Crippen molar-refractivity contribution < 1.29 is 9.53 Å². The predicted octanol–water partition coefficient (Wildman–Crippen LogP) is 2.22. The molecule has 0 spiro atoms. The number of amides is 1. The summed E-state index contributed by atoms with van der Waals surface area (Å²) >= 11 is 1.76. The van der Waals surface area contributed by atoms with E-state index in [2.05, 4.69) is 29.8 Å². The van der Waals surface area contributed by atoms with E-state index < -0.39 is 6.04 Å². The molecule has 1 aromatic rings. The van der Waals surface area contributed by atoms with E-state index in [0.29, 0.717) is 12.5 Å². The second-order valence-electron chi connectivity index (χ2n) is 5.61. The fourth-order valence-corrected chi connectivity index (χ4v) is 3.40. The molecule has 6 heteroatoms. The highest BCUT2D eigenvalue weighted by Crippen LogP contribution is 2.18. The Morgan fingerprint density at radius 1 is 1.52 bits per heavy atom. The first-order chi connectivity index (χ1) is 9.66. The third kappa shape index (κ3) is 5.94. The van der Waals surface area contributed by atoms with Gasteiger partial charge >= 0.3 is 0 Å². The Hall–Kier alpha value is -0.620. The van der Waals surface area contributed by atoms with Gasteiger partial charge in [-0.15, -0.1) is 23.7 Å². The van der Waals surface area contributed by atoms with Crippen molar-refractivity contribution >= 4 is 29.7 Å². The minimum atomic E-state index is -0.396. The fraction of sp³-hybridized carbons (Fsp3) is 0.667. The molecule has 21 heavy (non-hydrogen) atoms. The highest BCUT2D eigenvalue weighted by molar-refractivity contribution is 7.09. The van der Waals surface area contributed by atoms with Crippen molar-refractivity contribution in [2.45, 2.75) is 32.2 Å². The molecule has 0 saturated carbocycles. The molecule has 1 aliphatic rings. The molecule has 0 bridgehead atoms. The zero-order valence-electron chi connectivity index (χ0n) is 12.4. The molecule has 0 aliphatic carbocycles. The van der Waals surface area contributed by atoms with Crippen LogP contribution in [0.15, 0.2) is 17.5 Å². The summed E-state index contributed by atoms with van der Waals surface area (Å²) < 4.78 is 5.30. The summed E-state index contributed by atoms with van der Waals surface area (Å²) in [5.41, 5.74) is 6.05. The van der Waals surface area contributed by atoms with Crippen molar-refractivity contribution in [3.63, 3.8) is 0 Å². The zero-order chi connectivity index (χ0) is 14.4. The molecule has 2 unspecified atom stereocenters. The quantitative estimate of drug-likeness (QED) is 0.839. The number of thiophene rings is 1. The topological polar surface area (TPSA) is 64.4 Å². The van der Waals surface area contributed by atoms with Crippen LogP contribution in [0.4, 0.5) is 0 Å². The summed E-state index contributed by atoms with van der Waals surface area (Å²) in [6.07, 6.45) is 2.78. The lowest BCUT2D eigenvalue weighted by atomic mass is 9.91. The summed E-state index contributed by atoms with van der Waals surface area (Å²) in [5, 5.41) is 5.08. The lowest BCUT2D eigenvalue weighted by molar-refractivity contribution is -0.124. The maximum absolute atomic E-state index is 12.1. The maximum atomic E-state index is 12.1. The van der Waals surface area contributed by atoms with Gasteiger partial charge in [-0.3, -0.25) is 4.79 Å². The fourth-order valence-electron chi connectivity index (χ4n) is 2.53. The van der Waals surface area contributed by atoms with Crippen molar-refractivity contribution in [2.24, 2.45) is 17.6 Å². The minimum Gasteiger partial charge on any atom is -0.381 e. The standard InChI is InChI=1S/C15H24N2O2S.ClH/c1-11(9-13-3-2-8-20-13)10-17-15(18)14(16)12-4-6-19-7-5-12;/h2-3,8,11-12,14H,4-7,9-10,16H2,1H3,(H,17,18);1H. The van der Waals surface area contributed by atoms with Gasteiger partial charge in [0.15, 0.2) is 0 Å². The molecular formula is C15H25ClN2O2S. The van der Waals surface area contributed by atoms with Crippen molar-refractivity contribution in [1.82, 2.24) is 5.32 Å². The van der Waals surface area contributed by atoms with E-state index in [9.17, 15) is 4.79 Å². The van der Waals surface area contributed by atoms with Crippen LogP contribution in [0.2, 0.25) is 0 Å². The summed E-state index contributed by atoms with van der Waals surface area (Å²) in [6.45, 7) is 4.29. The molecule has 0 radical (unpaired) electrons. The van der Waals surface area contributed by atoms with Crippen LogP contribution in [0.25, 0.3) is 0 Å².